The minimum Gasteiger partial charge on any atom is -0.384 e. The number of halogens is 1. The zero-order valence-electron chi connectivity index (χ0n) is 12.4. The third kappa shape index (κ3) is 3.61. The van der Waals surface area contributed by atoms with Crippen LogP contribution in [0.25, 0.3) is 0 Å². The Kier molecular flexibility index (Phi) is 4.63. The van der Waals surface area contributed by atoms with Crippen LogP contribution in [-0.4, -0.2) is 17.9 Å². The maximum atomic E-state index is 7.80. The van der Waals surface area contributed by atoms with Crippen molar-refractivity contribution in [1.82, 2.24) is 4.98 Å². The first kappa shape index (κ1) is 15.5. The SMILES string of the molecule is Cc1cc(C)c(C(=N)N)c(N(C)Cc2cccc(Br)c2)n1. The Hall–Kier alpha value is -1.88. The third-order valence-corrected chi connectivity index (χ3v) is 3.76. The first-order valence-electron chi connectivity index (χ1n) is 6.66. The number of nitrogen functional groups attached to an aromatic ring is 1. The van der Waals surface area contributed by atoms with Crippen molar-refractivity contribution in [1.29, 1.82) is 5.41 Å². The predicted molar refractivity (Wildman–Crippen MR) is 91.0 cm³/mol. The summed E-state index contributed by atoms with van der Waals surface area (Å²) in [4.78, 5) is 6.59. The standard InChI is InChI=1S/C16H19BrN4/c1-10-7-11(2)20-16(14(10)15(18)19)21(3)9-12-5-4-6-13(17)8-12/h4-8H,9H2,1-3H3,(H3,18,19). The van der Waals surface area contributed by atoms with Crippen LogP contribution in [0.3, 0.4) is 0 Å². The van der Waals surface area contributed by atoms with E-state index in [-0.39, 0.29) is 5.84 Å². The molecule has 0 aliphatic carbocycles. The predicted octanol–water partition coefficient (Wildman–Crippen LogP) is 3.38. The summed E-state index contributed by atoms with van der Waals surface area (Å²) in [6.45, 7) is 4.62. The van der Waals surface area contributed by atoms with Gasteiger partial charge in [0.25, 0.3) is 0 Å². The summed E-state index contributed by atoms with van der Waals surface area (Å²) in [6, 6.07) is 10.1. The normalized spacial score (nSPS) is 10.5. The highest BCUT2D eigenvalue weighted by Crippen LogP contribution is 2.23. The number of amidine groups is 1. The Labute approximate surface area is 133 Å². The Morgan fingerprint density at radius 1 is 1.33 bits per heavy atom. The van der Waals surface area contributed by atoms with Crippen LogP contribution >= 0.6 is 15.9 Å². The van der Waals surface area contributed by atoms with Crippen molar-refractivity contribution in [2.45, 2.75) is 20.4 Å². The molecule has 0 spiro atoms. The zero-order chi connectivity index (χ0) is 15.6. The molecule has 0 fully saturated rings. The lowest BCUT2D eigenvalue weighted by Crippen LogP contribution is -2.24. The van der Waals surface area contributed by atoms with E-state index in [1.807, 2.05) is 44.0 Å². The van der Waals surface area contributed by atoms with E-state index in [9.17, 15) is 0 Å². The van der Waals surface area contributed by atoms with E-state index in [1.165, 1.54) is 5.56 Å². The molecular formula is C16H19BrN4. The summed E-state index contributed by atoms with van der Waals surface area (Å²) < 4.78 is 1.05. The molecule has 0 unspecified atom stereocenters. The molecule has 0 radical (unpaired) electrons. The van der Waals surface area contributed by atoms with Crippen molar-refractivity contribution in [3.8, 4) is 0 Å². The van der Waals surface area contributed by atoms with E-state index < -0.39 is 0 Å². The zero-order valence-corrected chi connectivity index (χ0v) is 14.0. The largest absolute Gasteiger partial charge is 0.384 e. The van der Waals surface area contributed by atoms with Gasteiger partial charge < -0.3 is 10.6 Å². The summed E-state index contributed by atoms with van der Waals surface area (Å²) in [5.41, 5.74) is 9.51. The van der Waals surface area contributed by atoms with E-state index in [2.05, 4.69) is 33.0 Å². The molecule has 4 nitrogen and oxygen atoms in total. The summed E-state index contributed by atoms with van der Waals surface area (Å²) in [7, 11) is 1.97. The second-order valence-electron chi connectivity index (χ2n) is 5.18. The highest BCUT2D eigenvalue weighted by atomic mass is 79.9. The maximum absolute atomic E-state index is 7.80. The molecule has 21 heavy (non-hydrogen) atoms. The smallest absolute Gasteiger partial charge is 0.140 e. The average molecular weight is 347 g/mol. The minimum absolute atomic E-state index is 0.0519. The first-order chi connectivity index (χ1) is 9.88. The topological polar surface area (TPSA) is 66.0 Å². The summed E-state index contributed by atoms with van der Waals surface area (Å²) in [5, 5.41) is 7.80. The number of nitrogens with one attached hydrogen (secondary N) is 1. The molecule has 0 aliphatic rings. The molecule has 0 aliphatic heterocycles. The van der Waals surface area contributed by atoms with Gasteiger partial charge in [-0.15, -0.1) is 0 Å². The lowest BCUT2D eigenvalue weighted by atomic mass is 10.1. The Morgan fingerprint density at radius 3 is 2.67 bits per heavy atom. The first-order valence-corrected chi connectivity index (χ1v) is 7.46. The van der Waals surface area contributed by atoms with Crippen LogP contribution in [-0.2, 0) is 6.54 Å². The lowest BCUT2D eigenvalue weighted by molar-refractivity contribution is 0.886. The van der Waals surface area contributed by atoms with E-state index in [0.717, 1.165) is 21.5 Å². The van der Waals surface area contributed by atoms with Gasteiger partial charge in [0.2, 0.25) is 0 Å². The molecule has 0 atom stereocenters. The highest BCUT2D eigenvalue weighted by molar-refractivity contribution is 9.10. The number of benzene rings is 1. The fraction of sp³-hybridized carbons (Fsp3) is 0.250. The van der Waals surface area contributed by atoms with E-state index in [0.29, 0.717) is 12.1 Å². The van der Waals surface area contributed by atoms with Gasteiger partial charge in [0.05, 0.1) is 5.56 Å². The van der Waals surface area contributed by atoms with Crippen LogP contribution in [0.4, 0.5) is 5.82 Å². The van der Waals surface area contributed by atoms with Crippen molar-refractivity contribution in [2.24, 2.45) is 5.73 Å². The molecule has 5 heteroatoms. The molecule has 110 valence electrons. The van der Waals surface area contributed by atoms with Crippen molar-refractivity contribution < 1.29 is 0 Å². The number of aryl methyl sites for hydroxylation is 2. The van der Waals surface area contributed by atoms with Crippen molar-refractivity contribution in [2.75, 3.05) is 11.9 Å². The molecule has 0 saturated heterocycles. The molecule has 3 N–H and O–H groups in total. The van der Waals surface area contributed by atoms with Gasteiger partial charge in [0, 0.05) is 23.8 Å². The third-order valence-electron chi connectivity index (χ3n) is 3.27. The fourth-order valence-electron chi connectivity index (χ4n) is 2.41. The van der Waals surface area contributed by atoms with Gasteiger partial charge in [-0.25, -0.2) is 4.98 Å². The van der Waals surface area contributed by atoms with Crippen LogP contribution in [0.15, 0.2) is 34.8 Å². The van der Waals surface area contributed by atoms with Gasteiger partial charge in [-0.2, -0.15) is 0 Å². The van der Waals surface area contributed by atoms with Gasteiger partial charge in [0.15, 0.2) is 0 Å². The Bertz CT molecular complexity index is 682. The van der Waals surface area contributed by atoms with Gasteiger partial charge in [0.1, 0.15) is 11.7 Å². The summed E-state index contributed by atoms with van der Waals surface area (Å²) in [5.74, 6) is 0.802. The number of hydrogen-bond acceptors (Lipinski definition) is 3. The molecule has 2 aromatic rings. The van der Waals surface area contributed by atoms with Crippen LogP contribution in [0.1, 0.15) is 22.4 Å². The monoisotopic (exact) mass is 346 g/mol. The molecular weight excluding hydrogens is 328 g/mol. The number of nitrogens with two attached hydrogens (primary N) is 1. The minimum atomic E-state index is 0.0519. The Balaban J connectivity index is 2.39. The van der Waals surface area contributed by atoms with E-state index >= 15 is 0 Å². The maximum Gasteiger partial charge on any atom is 0.140 e. The van der Waals surface area contributed by atoms with Gasteiger partial charge in [-0.1, -0.05) is 28.1 Å². The van der Waals surface area contributed by atoms with Crippen LogP contribution < -0.4 is 10.6 Å². The quantitative estimate of drug-likeness (QED) is 0.658. The number of pyridine rings is 1. The van der Waals surface area contributed by atoms with E-state index in [1.54, 1.807) is 0 Å². The summed E-state index contributed by atoms with van der Waals surface area (Å²) in [6.07, 6.45) is 0. The molecule has 1 aromatic carbocycles. The van der Waals surface area contributed by atoms with Crippen LogP contribution in [0.2, 0.25) is 0 Å². The Morgan fingerprint density at radius 2 is 2.05 bits per heavy atom. The second kappa shape index (κ2) is 6.26. The van der Waals surface area contributed by atoms with Gasteiger partial charge in [-0.05, 0) is 43.2 Å². The van der Waals surface area contributed by atoms with E-state index in [4.69, 9.17) is 11.1 Å². The lowest BCUT2D eigenvalue weighted by Gasteiger charge is -2.23. The van der Waals surface area contributed by atoms with Crippen LogP contribution in [0.5, 0.6) is 0 Å². The molecule has 0 bridgehead atoms. The number of hydrogen-bond donors (Lipinski definition) is 2. The molecule has 1 aromatic heterocycles. The number of rotatable bonds is 4. The van der Waals surface area contributed by atoms with Crippen molar-refractivity contribution in [3.63, 3.8) is 0 Å². The van der Waals surface area contributed by atoms with Crippen molar-refractivity contribution >= 4 is 27.6 Å². The van der Waals surface area contributed by atoms with Crippen LogP contribution in [0, 0.1) is 19.3 Å². The number of anilines is 1. The highest BCUT2D eigenvalue weighted by Gasteiger charge is 2.15. The second-order valence-corrected chi connectivity index (χ2v) is 6.09. The molecule has 0 saturated carbocycles. The van der Waals surface area contributed by atoms with Gasteiger partial charge >= 0.3 is 0 Å². The number of nitrogens with zero attached hydrogens (tertiary/aromatic N) is 2. The fourth-order valence-corrected chi connectivity index (χ4v) is 2.86. The average Bonchev–Trinajstić information content (AvgIpc) is 2.37. The summed E-state index contributed by atoms with van der Waals surface area (Å²) >= 11 is 3.48. The molecule has 0 amide bonds. The molecule has 2 rings (SSSR count). The van der Waals surface area contributed by atoms with Gasteiger partial charge in [-0.3, -0.25) is 5.41 Å². The van der Waals surface area contributed by atoms with Crippen molar-refractivity contribution in [3.05, 3.63) is 57.2 Å². The molecule has 1 heterocycles. The number of aromatic nitrogens is 1.